The zero-order valence-electron chi connectivity index (χ0n) is 8.77. The Labute approximate surface area is 88.8 Å². The summed E-state index contributed by atoms with van der Waals surface area (Å²) in [5.41, 5.74) is 0. The number of nitrogens with one attached hydrogen (secondary N) is 1. The van der Waals surface area contributed by atoms with Crippen molar-refractivity contribution in [3.05, 3.63) is 12.7 Å². The van der Waals surface area contributed by atoms with Gasteiger partial charge in [0.25, 0.3) is 0 Å². The summed E-state index contributed by atoms with van der Waals surface area (Å²) in [6.07, 6.45) is 1.64. The fourth-order valence-corrected chi connectivity index (χ4v) is 1.08. The molecule has 0 saturated carbocycles. The Balaban J connectivity index is 4.10. The lowest BCUT2D eigenvalue weighted by Gasteiger charge is -2.13. The summed E-state index contributed by atoms with van der Waals surface area (Å²) in [5, 5.41) is 19.9. The van der Waals surface area contributed by atoms with Crippen LogP contribution in [0.2, 0.25) is 0 Å². The zero-order valence-corrected chi connectivity index (χ0v) is 8.77. The van der Waals surface area contributed by atoms with Gasteiger partial charge in [0, 0.05) is 12.5 Å². The molecule has 0 aromatic heterocycles. The Morgan fingerprint density at radius 1 is 1.53 bits per heavy atom. The molecule has 5 nitrogen and oxygen atoms in total. The molecule has 0 saturated heterocycles. The third kappa shape index (κ3) is 5.85. The van der Waals surface area contributed by atoms with Crippen LogP contribution in [0.25, 0.3) is 0 Å². The van der Waals surface area contributed by atoms with Crippen molar-refractivity contribution < 1.29 is 19.8 Å². The molecule has 5 heteroatoms. The van der Waals surface area contributed by atoms with E-state index in [2.05, 4.69) is 11.9 Å². The van der Waals surface area contributed by atoms with Crippen molar-refractivity contribution >= 4 is 11.9 Å². The van der Waals surface area contributed by atoms with Crippen molar-refractivity contribution in [2.75, 3.05) is 6.61 Å². The Morgan fingerprint density at radius 2 is 2.13 bits per heavy atom. The highest BCUT2D eigenvalue weighted by molar-refractivity contribution is 5.82. The van der Waals surface area contributed by atoms with Crippen LogP contribution in [0.15, 0.2) is 12.7 Å². The van der Waals surface area contributed by atoms with Crippen molar-refractivity contribution in [1.82, 2.24) is 5.32 Å². The van der Waals surface area contributed by atoms with E-state index >= 15 is 0 Å². The minimum Gasteiger partial charge on any atom is -0.481 e. The van der Waals surface area contributed by atoms with Crippen LogP contribution in [0.4, 0.5) is 0 Å². The van der Waals surface area contributed by atoms with Crippen molar-refractivity contribution in [2.24, 2.45) is 5.92 Å². The number of carbonyl (C=O) groups excluding carboxylic acids is 1. The van der Waals surface area contributed by atoms with Crippen LogP contribution in [0.1, 0.15) is 19.8 Å². The Morgan fingerprint density at radius 3 is 2.53 bits per heavy atom. The SMILES string of the molecule is C=CCC(CC(=O)NC(C)CO)C(=O)O. The molecule has 2 atom stereocenters. The minimum atomic E-state index is -1.01. The van der Waals surface area contributed by atoms with Crippen molar-refractivity contribution in [2.45, 2.75) is 25.8 Å². The van der Waals surface area contributed by atoms with E-state index in [1.807, 2.05) is 0 Å². The van der Waals surface area contributed by atoms with Gasteiger partial charge in [0.05, 0.1) is 12.5 Å². The van der Waals surface area contributed by atoms with E-state index in [9.17, 15) is 9.59 Å². The number of carbonyl (C=O) groups is 2. The molecule has 0 rings (SSSR count). The van der Waals surface area contributed by atoms with E-state index in [0.29, 0.717) is 0 Å². The number of carboxylic acid groups (broad SMARTS) is 1. The van der Waals surface area contributed by atoms with Crippen LogP contribution in [0, 0.1) is 5.92 Å². The number of amides is 1. The summed E-state index contributed by atoms with van der Waals surface area (Å²) in [5.74, 6) is -2.12. The topological polar surface area (TPSA) is 86.6 Å². The minimum absolute atomic E-state index is 0.0916. The highest BCUT2D eigenvalue weighted by Gasteiger charge is 2.20. The van der Waals surface area contributed by atoms with Crippen molar-refractivity contribution in [3.8, 4) is 0 Å². The van der Waals surface area contributed by atoms with Crippen LogP contribution >= 0.6 is 0 Å². The van der Waals surface area contributed by atoms with Gasteiger partial charge < -0.3 is 15.5 Å². The number of hydrogen-bond donors (Lipinski definition) is 3. The Hall–Kier alpha value is -1.36. The van der Waals surface area contributed by atoms with Gasteiger partial charge in [0.15, 0.2) is 0 Å². The van der Waals surface area contributed by atoms with E-state index in [1.54, 1.807) is 6.92 Å². The lowest BCUT2D eigenvalue weighted by Crippen LogP contribution is -2.36. The van der Waals surface area contributed by atoms with Crippen LogP contribution < -0.4 is 5.32 Å². The van der Waals surface area contributed by atoms with Gasteiger partial charge >= 0.3 is 5.97 Å². The average molecular weight is 215 g/mol. The van der Waals surface area contributed by atoms with Gasteiger partial charge in [0.1, 0.15) is 0 Å². The van der Waals surface area contributed by atoms with E-state index in [0.717, 1.165) is 0 Å². The molecule has 0 radical (unpaired) electrons. The second kappa shape index (κ2) is 7.00. The predicted molar refractivity (Wildman–Crippen MR) is 55.2 cm³/mol. The summed E-state index contributed by atoms with van der Waals surface area (Å²) in [7, 11) is 0. The lowest BCUT2D eigenvalue weighted by molar-refractivity contribution is -0.144. The average Bonchev–Trinajstić information content (AvgIpc) is 2.16. The molecule has 0 aliphatic rings. The van der Waals surface area contributed by atoms with Crippen LogP contribution in [-0.2, 0) is 9.59 Å². The Bertz CT molecular complexity index is 240. The highest BCUT2D eigenvalue weighted by atomic mass is 16.4. The first kappa shape index (κ1) is 13.6. The predicted octanol–water partition coefficient (Wildman–Crippen LogP) is 0.150. The molecule has 3 N–H and O–H groups in total. The first-order valence-electron chi connectivity index (χ1n) is 4.75. The number of allylic oxidation sites excluding steroid dienone is 1. The molecule has 0 aromatic rings. The fraction of sp³-hybridized carbons (Fsp3) is 0.600. The van der Waals surface area contributed by atoms with E-state index < -0.39 is 11.9 Å². The molecular weight excluding hydrogens is 198 g/mol. The standard InChI is InChI=1S/C10H17NO4/c1-3-4-8(10(14)15)5-9(13)11-7(2)6-12/h3,7-8,12H,1,4-6H2,2H3,(H,11,13)(H,14,15). The van der Waals surface area contributed by atoms with E-state index in [4.69, 9.17) is 10.2 Å². The van der Waals surface area contributed by atoms with Gasteiger partial charge in [-0.3, -0.25) is 9.59 Å². The van der Waals surface area contributed by atoms with Crippen molar-refractivity contribution in [1.29, 1.82) is 0 Å². The molecule has 86 valence electrons. The molecule has 1 amide bonds. The smallest absolute Gasteiger partial charge is 0.307 e. The summed E-state index contributed by atoms with van der Waals surface area (Å²) in [6, 6.07) is -0.351. The number of hydrogen-bond acceptors (Lipinski definition) is 3. The first-order valence-corrected chi connectivity index (χ1v) is 4.75. The maximum Gasteiger partial charge on any atom is 0.307 e. The number of aliphatic hydroxyl groups is 1. The van der Waals surface area contributed by atoms with Crippen LogP contribution in [0.3, 0.4) is 0 Å². The lowest BCUT2D eigenvalue weighted by atomic mass is 10.0. The zero-order chi connectivity index (χ0) is 11.8. The normalized spacial score (nSPS) is 14.0. The monoisotopic (exact) mass is 215 g/mol. The highest BCUT2D eigenvalue weighted by Crippen LogP contribution is 2.09. The molecule has 0 fully saturated rings. The number of aliphatic carboxylic acids is 1. The van der Waals surface area contributed by atoms with Gasteiger partial charge in [-0.15, -0.1) is 6.58 Å². The maximum absolute atomic E-state index is 11.3. The summed E-state index contributed by atoms with van der Waals surface area (Å²) >= 11 is 0. The van der Waals surface area contributed by atoms with Crippen LogP contribution in [0.5, 0.6) is 0 Å². The number of rotatable bonds is 7. The molecule has 0 heterocycles. The van der Waals surface area contributed by atoms with Gasteiger partial charge in [-0.05, 0) is 13.3 Å². The molecule has 0 aromatic carbocycles. The van der Waals surface area contributed by atoms with E-state index in [1.165, 1.54) is 6.08 Å². The molecule has 15 heavy (non-hydrogen) atoms. The second-order valence-electron chi connectivity index (χ2n) is 3.41. The molecular formula is C10H17NO4. The molecule has 0 aliphatic carbocycles. The molecule has 0 aliphatic heterocycles. The van der Waals surface area contributed by atoms with Crippen LogP contribution in [-0.4, -0.2) is 34.7 Å². The first-order chi connectivity index (χ1) is 7.01. The van der Waals surface area contributed by atoms with Gasteiger partial charge in [-0.2, -0.15) is 0 Å². The van der Waals surface area contributed by atoms with E-state index in [-0.39, 0.29) is 31.4 Å². The summed E-state index contributed by atoms with van der Waals surface area (Å²) in [4.78, 5) is 22.0. The van der Waals surface area contributed by atoms with Gasteiger partial charge in [-0.1, -0.05) is 6.08 Å². The largest absolute Gasteiger partial charge is 0.481 e. The number of carboxylic acids is 1. The third-order valence-electron chi connectivity index (χ3n) is 1.91. The van der Waals surface area contributed by atoms with Gasteiger partial charge in [0.2, 0.25) is 5.91 Å². The summed E-state index contributed by atoms with van der Waals surface area (Å²) in [6.45, 7) is 4.91. The fourth-order valence-electron chi connectivity index (χ4n) is 1.08. The second-order valence-corrected chi connectivity index (χ2v) is 3.41. The Kier molecular flexibility index (Phi) is 6.37. The summed E-state index contributed by atoms with van der Waals surface area (Å²) < 4.78 is 0. The molecule has 2 unspecified atom stereocenters. The third-order valence-corrected chi connectivity index (χ3v) is 1.91. The quantitative estimate of drug-likeness (QED) is 0.528. The van der Waals surface area contributed by atoms with Crippen molar-refractivity contribution in [3.63, 3.8) is 0 Å². The number of aliphatic hydroxyl groups excluding tert-OH is 1. The molecule has 0 spiro atoms. The van der Waals surface area contributed by atoms with Gasteiger partial charge in [-0.25, -0.2) is 0 Å². The molecule has 0 bridgehead atoms. The maximum atomic E-state index is 11.3.